The minimum absolute atomic E-state index is 0.0377. The van der Waals surface area contributed by atoms with Gasteiger partial charge in [-0.1, -0.05) is 0 Å². The molecular weight excluding hydrogens is 437 g/mol. The van der Waals surface area contributed by atoms with E-state index < -0.39 is 29.2 Å². The second kappa shape index (κ2) is 9.73. The number of aromatic nitrogens is 2. The Kier molecular flexibility index (Phi) is 6.82. The van der Waals surface area contributed by atoms with Crippen molar-refractivity contribution < 1.29 is 33.0 Å². The molecule has 0 saturated heterocycles. The molecule has 0 atom stereocenters. The molecule has 1 N–H and O–H groups in total. The number of carbonyl (C=O) groups is 3. The molecule has 0 aliphatic carbocycles. The summed E-state index contributed by atoms with van der Waals surface area (Å²) in [7, 11) is 3.58. The SMILES string of the molecule is COC(=O)c1ccc(C(=O)OC)c(NC(=O)c2nn(-c3ccc(F)cc3)c(=O)cc2OC)c1. The number of ether oxygens (including phenoxy) is 3. The Labute approximate surface area is 186 Å². The molecule has 2 aromatic carbocycles. The molecule has 0 saturated carbocycles. The van der Waals surface area contributed by atoms with Crippen molar-refractivity contribution in [2.45, 2.75) is 0 Å². The maximum atomic E-state index is 13.3. The fourth-order valence-electron chi connectivity index (χ4n) is 2.88. The highest BCUT2D eigenvalue weighted by molar-refractivity contribution is 6.09. The van der Waals surface area contributed by atoms with E-state index in [-0.39, 0.29) is 33.9 Å². The lowest BCUT2D eigenvalue weighted by Crippen LogP contribution is -2.26. The normalized spacial score (nSPS) is 10.3. The first kappa shape index (κ1) is 23.1. The molecule has 0 bridgehead atoms. The second-order valence-corrected chi connectivity index (χ2v) is 6.49. The van der Waals surface area contributed by atoms with Crippen LogP contribution in [0.4, 0.5) is 10.1 Å². The van der Waals surface area contributed by atoms with Gasteiger partial charge in [0.05, 0.1) is 49.9 Å². The van der Waals surface area contributed by atoms with E-state index in [0.29, 0.717) is 0 Å². The summed E-state index contributed by atoms with van der Waals surface area (Å²) in [5.41, 5.74) is -0.751. The van der Waals surface area contributed by atoms with E-state index >= 15 is 0 Å². The average Bonchev–Trinajstić information content (AvgIpc) is 2.83. The molecule has 0 aliphatic rings. The second-order valence-electron chi connectivity index (χ2n) is 6.49. The zero-order valence-corrected chi connectivity index (χ0v) is 17.7. The summed E-state index contributed by atoms with van der Waals surface area (Å²) in [6.45, 7) is 0. The number of hydrogen-bond acceptors (Lipinski definition) is 8. The molecule has 3 aromatic rings. The highest BCUT2D eigenvalue weighted by Gasteiger charge is 2.22. The number of carbonyl (C=O) groups excluding carboxylic acids is 3. The number of amides is 1. The molecule has 10 nitrogen and oxygen atoms in total. The molecule has 0 aliphatic heterocycles. The number of rotatable bonds is 6. The van der Waals surface area contributed by atoms with Gasteiger partial charge >= 0.3 is 11.9 Å². The van der Waals surface area contributed by atoms with Crippen molar-refractivity contribution in [2.24, 2.45) is 0 Å². The maximum absolute atomic E-state index is 13.3. The Morgan fingerprint density at radius 3 is 2.21 bits per heavy atom. The van der Waals surface area contributed by atoms with E-state index in [4.69, 9.17) is 9.47 Å². The topological polar surface area (TPSA) is 126 Å². The molecule has 0 spiro atoms. The number of halogens is 1. The van der Waals surface area contributed by atoms with Gasteiger partial charge in [0.25, 0.3) is 11.5 Å². The van der Waals surface area contributed by atoms with Gasteiger partial charge < -0.3 is 19.5 Å². The van der Waals surface area contributed by atoms with Gasteiger partial charge in [0, 0.05) is 0 Å². The third-order valence-corrected chi connectivity index (χ3v) is 4.50. The summed E-state index contributed by atoms with van der Waals surface area (Å²) >= 11 is 0. The molecular formula is C22H18FN3O7. The summed E-state index contributed by atoms with van der Waals surface area (Å²) in [6.07, 6.45) is 0. The highest BCUT2D eigenvalue weighted by atomic mass is 19.1. The minimum atomic E-state index is -0.852. The Morgan fingerprint density at radius 2 is 1.61 bits per heavy atom. The largest absolute Gasteiger partial charge is 0.494 e. The van der Waals surface area contributed by atoms with E-state index in [1.54, 1.807) is 0 Å². The number of esters is 2. The fourth-order valence-corrected chi connectivity index (χ4v) is 2.88. The van der Waals surface area contributed by atoms with Crippen LogP contribution in [-0.2, 0) is 9.47 Å². The van der Waals surface area contributed by atoms with Crippen molar-refractivity contribution in [3.63, 3.8) is 0 Å². The van der Waals surface area contributed by atoms with Crippen LogP contribution in [0.2, 0.25) is 0 Å². The van der Waals surface area contributed by atoms with Crippen LogP contribution in [0.25, 0.3) is 5.69 Å². The third kappa shape index (κ3) is 4.87. The molecule has 1 heterocycles. The van der Waals surface area contributed by atoms with Gasteiger partial charge in [0.2, 0.25) is 0 Å². The van der Waals surface area contributed by atoms with Gasteiger partial charge in [-0.05, 0) is 42.5 Å². The van der Waals surface area contributed by atoms with Crippen molar-refractivity contribution in [1.82, 2.24) is 9.78 Å². The lowest BCUT2D eigenvalue weighted by molar-refractivity contribution is 0.0587. The quantitative estimate of drug-likeness (QED) is 0.561. The Balaban J connectivity index is 2.07. The molecule has 3 rings (SSSR count). The van der Waals surface area contributed by atoms with Crippen LogP contribution in [0.3, 0.4) is 0 Å². The van der Waals surface area contributed by atoms with Crippen LogP contribution in [-0.4, -0.2) is 49.0 Å². The molecule has 0 radical (unpaired) electrons. The first-order chi connectivity index (χ1) is 15.8. The smallest absolute Gasteiger partial charge is 0.339 e. The van der Waals surface area contributed by atoms with Crippen molar-refractivity contribution in [3.05, 3.63) is 81.5 Å². The monoisotopic (exact) mass is 455 g/mol. The number of hydrogen-bond donors (Lipinski definition) is 1. The van der Waals surface area contributed by atoms with Crippen molar-refractivity contribution in [3.8, 4) is 11.4 Å². The van der Waals surface area contributed by atoms with Crippen LogP contribution in [0.1, 0.15) is 31.2 Å². The molecule has 1 aromatic heterocycles. The Morgan fingerprint density at radius 1 is 0.939 bits per heavy atom. The van der Waals surface area contributed by atoms with Crippen LogP contribution >= 0.6 is 0 Å². The number of nitrogens with one attached hydrogen (secondary N) is 1. The molecule has 1 amide bonds. The fraction of sp³-hybridized carbons (Fsp3) is 0.136. The molecule has 0 unspecified atom stereocenters. The van der Waals surface area contributed by atoms with E-state index in [2.05, 4.69) is 15.2 Å². The predicted octanol–water partition coefficient (Wildman–Crippen LogP) is 2.21. The number of methoxy groups -OCH3 is 3. The Hall–Kier alpha value is -4.54. The van der Waals surface area contributed by atoms with E-state index in [1.165, 1.54) is 44.6 Å². The zero-order chi connectivity index (χ0) is 24.1. The maximum Gasteiger partial charge on any atom is 0.339 e. The lowest BCUT2D eigenvalue weighted by atomic mass is 10.1. The number of benzene rings is 2. The van der Waals surface area contributed by atoms with E-state index in [0.717, 1.165) is 30.0 Å². The molecule has 170 valence electrons. The summed E-state index contributed by atoms with van der Waals surface area (Å²) < 4.78 is 28.6. The van der Waals surface area contributed by atoms with Gasteiger partial charge in [-0.25, -0.2) is 14.0 Å². The van der Waals surface area contributed by atoms with Gasteiger partial charge in [-0.15, -0.1) is 0 Å². The molecule has 33 heavy (non-hydrogen) atoms. The van der Waals surface area contributed by atoms with E-state index in [1.807, 2.05) is 0 Å². The standard InChI is InChI=1S/C22H18FN3O7/c1-31-17-11-18(27)26(14-7-5-13(23)6-8-14)25-19(17)20(28)24-16-10-12(21(29)32-2)4-9-15(16)22(30)33-3/h4-11H,1-3H3,(H,24,28). The average molecular weight is 455 g/mol. The summed E-state index contributed by atoms with van der Waals surface area (Å²) in [6, 6.07) is 9.79. The van der Waals surface area contributed by atoms with E-state index in [9.17, 15) is 23.6 Å². The molecule has 0 fully saturated rings. The van der Waals surface area contributed by atoms with Gasteiger partial charge in [0.15, 0.2) is 11.4 Å². The van der Waals surface area contributed by atoms with Crippen molar-refractivity contribution >= 4 is 23.5 Å². The molecule has 11 heteroatoms. The summed E-state index contributed by atoms with van der Waals surface area (Å²) in [5, 5.41) is 6.52. The van der Waals surface area contributed by atoms with Crippen LogP contribution in [0, 0.1) is 5.82 Å². The minimum Gasteiger partial charge on any atom is -0.494 e. The van der Waals surface area contributed by atoms with Gasteiger partial charge in [-0.2, -0.15) is 9.78 Å². The van der Waals surface area contributed by atoms with Crippen molar-refractivity contribution in [2.75, 3.05) is 26.6 Å². The number of nitrogens with zero attached hydrogens (tertiary/aromatic N) is 2. The van der Waals surface area contributed by atoms with Gasteiger partial charge in [-0.3, -0.25) is 9.59 Å². The van der Waals surface area contributed by atoms with Crippen LogP contribution in [0.5, 0.6) is 5.75 Å². The number of anilines is 1. The lowest BCUT2D eigenvalue weighted by Gasteiger charge is -2.14. The zero-order valence-electron chi connectivity index (χ0n) is 17.7. The summed E-state index contributed by atoms with van der Waals surface area (Å²) in [4.78, 5) is 49.5. The first-order valence-electron chi connectivity index (χ1n) is 9.35. The Bertz CT molecular complexity index is 1290. The predicted molar refractivity (Wildman–Crippen MR) is 113 cm³/mol. The van der Waals surface area contributed by atoms with Gasteiger partial charge in [0.1, 0.15) is 5.82 Å². The van der Waals surface area contributed by atoms with Crippen molar-refractivity contribution in [1.29, 1.82) is 0 Å². The van der Waals surface area contributed by atoms with Crippen LogP contribution < -0.4 is 15.6 Å². The van der Waals surface area contributed by atoms with Crippen LogP contribution in [0.15, 0.2) is 53.3 Å². The first-order valence-corrected chi connectivity index (χ1v) is 9.35. The summed E-state index contributed by atoms with van der Waals surface area (Å²) in [5.74, 6) is -2.96. The third-order valence-electron chi connectivity index (χ3n) is 4.50. The highest BCUT2D eigenvalue weighted by Crippen LogP contribution is 2.22.